The Labute approximate surface area is 295 Å². The molecular weight excluding hydrogens is 528 g/mol. The van der Waals surface area contributed by atoms with Gasteiger partial charge in [-0.25, -0.2) is 0 Å². The summed E-state index contributed by atoms with van der Waals surface area (Å²) in [6, 6.07) is -27.4. The van der Waals surface area contributed by atoms with Gasteiger partial charge in [-0.05, 0) is 99.3 Å². The van der Waals surface area contributed by atoms with Crippen LogP contribution in [0.3, 0.4) is 0 Å². The highest BCUT2D eigenvalue weighted by atomic mass is 14.2. The van der Waals surface area contributed by atoms with Crippen LogP contribution in [-0.2, 0) is 0 Å². The third kappa shape index (κ3) is 3.78. The lowest BCUT2D eigenvalue weighted by atomic mass is 9.83. The first-order valence-electron chi connectivity index (χ1n) is 27.0. The Morgan fingerprint density at radius 3 is 1.64 bits per heavy atom. The smallest absolute Gasteiger partial charge is 0.0622 e. The highest BCUT2D eigenvalue weighted by molar-refractivity contribution is 6.26. The van der Waals surface area contributed by atoms with E-state index in [9.17, 15) is 12.3 Å². The third-order valence-corrected chi connectivity index (χ3v) is 7.19. The van der Waals surface area contributed by atoms with E-state index in [0.717, 1.165) is 0 Å². The average molecular weight is 585 g/mol. The quantitative estimate of drug-likeness (QED) is 0.143. The molecule has 0 aromatic heterocycles. The van der Waals surface area contributed by atoms with Crippen LogP contribution >= 0.6 is 0 Å². The van der Waals surface area contributed by atoms with Crippen molar-refractivity contribution in [2.75, 3.05) is 0 Å². The summed E-state index contributed by atoms with van der Waals surface area (Å²) >= 11 is 0. The monoisotopic (exact) mass is 584 g/mol. The fourth-order valence-electron chi connectivity index (χ4n) is 5.38. The van der Waals surface area contributed by atoms with Gasteiger partial charge in [0.25, 0.3) is 0 Å². The number of benzene rings is 9. The Morgan fingerprint density at radius 2 is 0.841 bits per heavy atom. The number of fused-ring (bicyclic) bond motifs is 6. The molecule has 9 aromatic carbocycles. The molecule has 0 fully saturated rings. The summed E-state index contributed by atoms with van der Waals surface area (Å²) in [5, 5.41) is -7.31. The minimum Gasteiger partial charge on any atom is -0.0622 e. The zero-order valence-corrected chi connectivity index (χ0v) is 22.0. The van der Waals surface area contributed by atoms with Gasteiger partial charge in [0.1, 0.15) is 0 Å². The Bertz CT molecular complexity index is 4080. The van der Waals surface area contributed by atoms with E-state index in [1.165, 1.54) is 0 Å². The lowest BCUT2D eigenvalue weighted by Gasteiger charge is -2.20. The van der Waals surface area contributed by atoms with Crippen LogP contribution in [0.5, 0.6) is 0 Å². The number of hydrogen-bond donors (Lipinski definition) is 0. The van der Waals surface area contributed by atoms with Gasteiger partial charge in [-0.1, -0.05) is 157 Å². The van der Waals surface area contributed by atoms with Crippen LogP contribution < -0.4 is 0 Å². The second-order valence-corrected chi connectivity index (χ2v) is 9.50. The normalized spacial score (nSPS) is 20.5. The predicted octanol–water partition coefficient (Wildman–Crippen LogP) is 12.5. The third-order valence-electron chi connectivity index (χ3n) is 7.19. The van der Waals surface area contributed by atoms with Crippen molar-refractivity contribution in [2.45, 2.75) is 0 Å². The van der Waals surface area contributed by atoms with E-state index < -0.39 is 256 Å². The molecule has 0 unspecified atom stereocenters. The topological polar surface area (TPSA) is 0 Å². The van der Waals surface area contributed by atoms with E-state index in [4.69, 9.17) is 26.0 Å². The average Bonchev–Trinajstić information content (AvgIpc) is 3.35. The van der Waals surface area contributed by atoms with E-state index >= 15 is 0 Å². The molecule has 0 bridgehead atoms. The van der Waals surface area contributed by atoms with Crippen LogP contribution in [0, 0.1) is 0 Å². The summed E-state index contributed by atoms with van der Waals surface area (Å²) in [6.45, 7) is 0. The molecule has 0 aliphatic rings. The summed E-state index contributed by atoms with van der Waals surface area (Å²) in [7, 11) is 0. The van der Waals surface area contributed by atoms with Crippen molar-refractivity contribution < 1.29 is 38.4 Å². The second-order valence-electron chi connectivity index (χ2n) is 9.50. The molecular formula is C44H28. The van der Waals surface area contributed by atoms with Gasteiger partial charge in [-0.3, -0.25) is 0 Å². The molecule has 9 rings (SSSR count). The minimum absolute atomic E-state index is 0.595. The molecule has 0 amide bonds. The SMILES string of the molecule is [2H]c1c([2H])c([2H])c(-c2c3c([2H])c([2H])c([2H])c([2H])c3c(-c3c([2H])c4c([2H])c([2H])c([2H])c([2H])c4c4c([2H])c([2H])c([2H])c([2H])c34)c3c([2H])c(-c4c([2H])c([2H])c([2H])c5c([2H])c([2H])c([2H])c([2H])c45)c([2H])c([2H])c23)c([2H])c1[2H]. The van der Waals surface area contributed by atoms with Crippen LogP contribution in [0.25, 0.3) is 87.2 Å². The fourth-order valence-corrected chi connectivity index (χ4v) is 5.38. The van der Waals surface area contributed by atoms with Crippen molar-refractivity contribution in [3.63, 3.8) is 0 Å². The Hall–Kier alpha value is -5.72. The lowest BCUT2D eigenvalue weighted by molar-refractivity contribution is 1.65. The maximum atomic E-state index is 10.2. The Balaban J connectivity index is 1.78. The van der Waals surface area contributed by atoms with Gasteiger partial charge >= 0.3 is 0 Å². The molecule has 0 aliphatic heterocycles. The largest absolute Gasteiger partial charge is 0.0636 e. The fraction of sp³-hybridized carbons (Fsp3) is 0. The van der Waals surface area contributed by atoms with Gasteiger partial charge in [0.2, 0.25) is 0 Å². The zero-order valence-electron chi connectivity index (χ0n) is 50.0. The van der Waals surface area contributed by atoms with E-state index in [0.29, 0.717) is 0 Å². The molecule has 0 heteroatoms. The van der Waals surface area contributed by atoms with E-state index in [1.807, 2.05) is 0 Å². The van der Waals surface area contributed by atoms with Crippen molar-refractivity contribution in [3.05, 3.63) is 169 Å². The summed E-state index contributed by atoms with van der Waals surface area (Å²) < 4.78 is 253. The van der Waals surface area contributed by atoms with Crippen molar-refractivity contribution in [1.29, 1.82) is 0 Å². The zero-order chi connectivity index (χ0) is 53.4. The van der Waals surface area contributed by atoms with Crippen molar-refractivity contribution in [1.82, 2.24) is 0 Å². The van der Waals surface area contributed by atoms with Gasteiger partial charge in [0.15, 0.2) is 0 Å². The van der Waals surface area contributed by atoms with Crippen LogP contribution in [0.15, 0.2) is 169 Å². The molecule has 44 heavy (non-hydrogen) atoms. The van der Waals surface area contributed by atoms with Gasteiger partial charge in [0.05, 0.1) is 38.4 Å². The second kappa shape index (κ2) is 9.93. The molecule has 0 heterocycles. The van der Waals surface area contributed by atoms with E-state index in [2.05, 4.69) is 0 Å². The maximum Gasteiger partial charge on any atom is 0.0636 e. The van der Waals surface area contributed by atoms with Gasteiger partial charge in [-0.15, -0.1) is 0 Å². The molecule has 0 radical (unpaired) electrons. The number of hydrogen-bond acceptors (Lipinski definition) is 0. The molecule has 9 aromatic rings. The first-order chi connectivity index (χ1) is 33.5. The standard InChI is InChI=1S/C44H28/c1-2-14-30(15-3-1)43-38-22-10-11-23-39(38)44(41-27-31-16-5-7-19-35(31)36-20-8-9-21-37(36)41)42-28-32(25-26-40(42)43)34-24-12-17-29-13-4-6-18-33(29)34/h1-28H/i1D,2D,3D,4D,5D,6D,7D,8D,9D,10D,11D,12D,13D,14D,15D,16D,17D,18D,19D,20D,21D,22D,23D,24D,25D,26D,27D,28D. The highest BCUT2D eigenvalue weighted by Crippen LogP contribution is 2.47. The molecule has 0 saturated carbocycles. The Kier molecular flexibility index (Phi) is 2.18. The van der Waals surface area contributed by atoms with Crippen molar-refractivity contribution in [2.24, 2.45) is 0 Å². The molecule has 0 aliphatic carbocycles. The van der Waals surface area contributed by atoms with E-state index in [1.54, 1.807) is 0 Å². The molecule has 0 nitrogen and oxygen atoms in total. The minimum atomic E-state index is -1.12. The molecule has 0 atom stereocenters. The highest BCUT2D eigenvalue weighted by Gasteiger charge is 2.20. The summed E-state index contributed by atoms with van der Waals surface area (Å²) in [5.74, 6) is 0. The van der Waals surface area contributed by atoms with E-state index in [-0.39, 0.29) is 0 Å². The first-order valence-corrected chi connectivity index (χ1v) is 13.0. The van der Waals surface area contributed by atoms with Crippen LogP contribution in [0.4, 0.5) is 0 Å². The lowest BCUT2D eigenvalue weighted by Crippen LogP contribution is -1.93. The maximum absolute atomic E-state index is 10.2. The van der Waals surface area contributed by atoms with Gasteiger partial charge in [0, 0.05) is 0 Å². The summed E-state index contributed by atoms with van der Waals surface area (Å²) in [5.41, 5.74) is -4.98. The molecule has 0 saturated heterocycles. The predicted molar refractivity (Wildman–Crippen MR) is 190 cm³/mol. The summed E-state index contributed by atoms with van der Waals surface area (Å²) in [4.78, 5) is 0. The molecule has 0 N–H and O–H groups in total. The van der Waals surface area contributed by atoms with Crippen LogP contribution in [-0.4, -0.2) is 0 Å². The molecule has 0 spiro atoms. The van der Waals surface area contributed by atoms with Crippen molar-refractivity contribution >= 4 is 53.9 Å². The van der Waals surface area contributed by atoms with Gasteiger partial charge in [-0.2, -0.15) is 0 Å². The number of rotatable bonds is 3. The Morgan fingerprint density at radius 1 is 0.273 bits per heavy atom. The van der Waals surface area contributed by atoms with Crippen LogP contribution in [0.1, 0.15) is 38.4 Å². The summed E-state index contributed by atoms with van der Waals surface area (Å²) in [6.07, 6.45) is 0. The van der Waals surface area contributed by atoms with Crippen molar-refractivity contribution in [3.8, 4) is 33.4 Å². The van der Waals surface area contributed by atoms with Gasteiger partial charge < -0.3 is 0 Å². The first kappa shape index (κ1) is 9.64. The molecule has 204 valence electrons. The van der Waals surface area contributed by atoms with Crippen LogP contribution in [0.2, 0.25) is 0 Å².